The summed E-state index contributed by atoms with van der Waals surface area (Å²) in [5, 5.41) is 2.98. The molecule has 0 bridgehead atoms. The Bertz CT molecular complexity index is 360. The van der Waals surface area contributed by atoms with Gasteiger partial charge in [-0.05, 0) is 37.2 Å². The molecular weight excluding hydrogens is 248 g/mol. The molecule has 2 heterocycles. The number of hydrogen-bond acceptors (Lipinski definition) is 3. The van der Waals surface area contributed by atoms with Crippen molar-refractivity contribution >= 4 is 23.6 Å². The minimum absolute atomic E-state index is 0.0368. The van der Waals surface area contributed by atoms with E-state index in [1.54, 1.807) is 0 Å². The smallest absolute Gasteiger partial charge is 0.249 e. The monoisotopic (exact) mass is 268 g/mol. The lowest BCUT2D eigenvalue weighted by Crippen LogP contribution is -2.67. The second-order valence-electron chi connectivity index (χ2n) is 5.61. The van der Waals surface area contributed by atoms with E-state index in [4.69, 9.17) is 0 Å². The molecule has 2 amide bonds. The number of carbonyl (C=O) groups is 2. The molecule has 100 valence electrons. The lowest BCUT2D eigenvalue weighted by molar-refractivity contribution is -0.152. The van der Waals surface area contributed by atoms with Gasteiger partial charge < -0.3 is 10.2 Å². The maximum atomic E-state index is 12.7. The van der Waals surface area contributed by atoms with Crippen LogP contribution in [-0.4, -0.2) is 46.3 Å². The van der Waals surface area contributed by atoms with E-state index in [1.165, 1.54) is 0 Å². The van der Waals surface area contributed by atoms with Gasteiger partial charge in [0, 0.05) is 6.04 Å². The maximum absolute atomic E-state index is 12.7. The van der Waals surface area contributed by atoms with Gasteiger partial charge in [0.05, 0.1) is 6.54 Å². The number of amides is 2. The van der Waals surface area contributed by atoms with Crippen LogP contribution in [0.1, 0.15) is 38.5 Å². The summed E-state index contributed by atoms with van der Waals surface area (Å²) in [6.07, 6.45) is 5.85. The van der Waals surface area contributed by atoms with E-state index in [1.807, 2.05) is 16.7 Å². The SMILES string of the molecule is O=C1CN(C2CCSCC2)C(=O)C2(CCCC2)N1. The van der Waals surface area contributed by atoms with Gasteiger partial charge in [0.15, 0.2) is 0 Å². The Morgan fingerprint density at radius 3 is 2.50 bits per heavy atom. The highest BCUT2D eigenvalue weighted by atomic mass is 32.2. The molecule has 4 nitrogen and oxygen atoms in total. The second kappa shape index (κ2) is 4.76. The summed E-state index contributed by atoms with van der Waals surface area (Å²) in [5.74, 6) is 2.46. The Morgan fingerprint density at radius 2 is 1.83 bits per heavy atom. The number of carbonyl (C=O) groups excluding carboxylic acids is 2. The summed E-state index contributed by atoms with van der Waals surface area (Å²) >= 11 is 1.95. The van der Waals surface area contributed by atoms with E-state index >= 15 is 0 Å². The molecule has 1 aliphatic carbocycles. The van der Waals surface area contributed by atoms with Gasteiger partial charge in [0.2, 0.25) is 11.8 Å². The van der Waals surface area contributed by atoms with Crippen LogP contribution >= 0.6 is 11.8 Å². The fourth-order valence-electron chi connectivity index (χ4n) is 3.47. The van der Waals surface area contributed by atoms with Crippen molar-refractivity contribution in [2.24, 2.45) is 0 Å². The van der Waals surface area contributed by atoms with Crippen LogP contribution in [0, 0.1) is 0 Å². The lowest BCUT2D eigenvalue weighted by atomic mass is 9.91. The van der Waals surface area contributed by atoms with Gasteiger partial charge in [-0.2, -0.15) is 11.8 Å². The normalized spacial score (nSPS) is 28.8. The zero-order valence-corrected chi connectivity index (χ0v) is 11.4. The number of nitrogens with zero attached hydrogens (tertiary/aromatic N) is 1. The minimum atomic E-state index is -0.542. The number of nitrogens with one attached hydrogen (secondary N) is 1. The number of piperazine rings is 1. The van der Waals surface area contributed by atoms with Crippen LogP contribution in [0.4, 0.5) is 0 Å². The van der Waals surface area contributed by atoms with Crippen LogP contribution < -0.4 is 5.32 Å². The van der Waals surface area contributed by atoms with Crippen molar-refractivity contribution in [1.82, 2.24) is 10.2 Å². The van der Waals surface area contributed by atoms with Crippen LogP contribution in [0.3, 0.4) is 0 Å². The molecule has 0 aromatic heterocycles. The fraction of sp³-hybridized carbons (Fsp3) is 0.846. The van der Waals surface area contributed by atoms with E-state index in [9.17, 15) is 9.59 Å². The molecule has 3 rings (SSSR count). The summed E-state index contributed by atoms with van der Waals surface area (Å²) in [6.45, 7) is 0.274. The molecule has 5 heteroatoms. The first-order valence-electron chi connectivity index (χ1n) is 6.91. The average Bonchev–Trinajstić information content (AvgIpc) is 2.84. The van der Waals surface area contributed by atoms with Gasteiger partial charge in [0.1, 0.15) is 5.54 Å². The largest absolute Gasteiger partial charge is 0.340 e. The standard InChI is InChI=1S/C13H20N2O2S/c16-11-9-15(10-3-7-18-8-4-10)12(17)13(14-11)5-1-2-6-13/h10H,1-9H2,(H,14,16). The molecule has 3 fully saturated rings. The molecule has 1 N–H and O–H groups in total. The predicted octanol–water partition coefficient (Wildman–Crippen LogP) is 1.15. The molecule has 0 aromatic rings. The molecule has 0 radical (unpaired) electrons. The average molecular weight is 268 g/mol. The molecule has 0 unspecified atom stereocenters. The van der Waals surface area contributed by atoms with Crippen molar-refractivity contribution in [3.05, 3.63) is 0 Å². The summed E-state index contributed by atoms with van der Waals surface area (Å²) in [4.78, 5) is 26.5. The summed E-state index contributed by atoms with van der Waals surface area (Å²) in [7, 11) is 0. The molecule has 0 atom stereocenters. The summed E-state index contributed by atoms with van der Waals surface area (Å²) in [5.41, 5.74) is -0.542. The van der Waals surface area contributed by atoms with Crippen LogP contribution in [0.2, 0.25) is 0 Å². The first kappa shape index (κ1) is 12.3. The zero-order chi connectivity index (χ0) is 12.6. The Morgan fingerprint density at radius 1 is 1.17 bits per heavy atom. The van der Waals surface area contributed by atoms with E-state index in [-0.39, 0.29) is 18.4 Å². The maximum Gasteiger partial charge on any atom is 0.249 e. The van der Waals surface area contributed by atoms with E-state index in [0.29, 0.717) is 6.04 Å². The van der Waals surface area contributed by atoms with E-state index in [2.05, 4.69) is 5.32 Å². The Hall–Kier alpha value is -0.710. The second-order valence-corrected chi connectivity index (χ2v) is 6.84. The van der Waals surface area contributed by atoms with Crippen LogP contribution in [0.15, 0.2) is 0 Å². The third kappa shape index (κ3) is 2.02. The highest BCUT2D eigenvalue weighted by molar-refractivity contribution is 7.99. The van der Waals surface area contributed by atoms with Gasteiger partial charge in [-0.25, -0.2) is 0 Å². The Labute approximate surface area is 112 Å². The topological polar surface area (TPSA) is 49.4 Å². The quantitative estimate of drug-likeness (QED) is 0.776. The van der Waals surface area contributed by atoms with Crippen LogP contribution in [-0.2, 0) is 9.59 Å². The molecule has 2 saturated heterocycles. The molecule has 2 aliphatic heterocycles. The van der Waals surface area contributed by atoms with Gasteiger partial charge in [0.25, 0.3) is 0 Å². The fourth-order valence-corrected chi connectivity index (χ4v) is 4.55. The first-order chi connectivity index (χ1) is 8.71. The Balaban J connectivity index is 1.80. The first-order valence-corrected chi connectivity index (χ1v) is 8.07. The van der Waals surface area contributed by atoms with Crippen molar-refractivity contribution in [3.8, 4) is 0 Å². The molecule has 18 heavy (non-hydrogen) atoms. The summed E-state index contributed by atoms with van der Waals surface area (Å²) < 4.78 is 0. The van der Waals surface area contributed by atoms with E-state index < -0.39 is 5.54 Å². The minimum Gasteiger partial charge on any atom is -0.340 e. The molecular formula is C13H20N2O2S. The predicted molar refractivity (Wildman–Crippen MR) is 71.4 cm³/mol. The van der Waals surface area contributed by atoms with Gasteiger partial charge in [-0.1, -0.05) is 12.8 Å². The highest BCUT2D eigenvalue weighted by Gasteiger charge is 2.49. The third-order valence-corrected chi connectivity index (χ3v) is 5.50. The van der Waals surface area contributed by atoms with Crippen molar-refractivity contribution in [3.63, 3.8) is 0 Å². The van der Waals surface area contributed by atoms with Crippen LogP contribution in [0.5, 0.6) is 0 Å². The lowest BCUT2D eigenvalue weighted by Gasteiger charge is -2.44. The zero-order valence-electron chi connectivity index (χ0n) is 10.6. The third-order valence-electron chi connectivity index (χ3n) is 4.45. The molecule has 1 spiro atoms. The Kier molecular flexibility index (Phi) is 3.26. The molecule has 3 aliphatic rings. The molecule has 1 saturated carbocycles. The van der Waals surface area contributed by atoms with Crippen molar-refractivity contribution in [2.45, 2.75) is 50.1 Å². The number of hydrogen-bond donors (Lipinski definition) is 1. The summed E-state index contributed by atoms with van der Waals surface area (Å²) in [6, 6.07) is 0.294. The highest BCUT2D eigenvalue weighted by Crippen LogP contribution is 2.35. The van der Waals surface area contributed by atoms with Crippen LogP contribution in [0.25, 0.3) is 0 Å². The van der Waals surface area contributed by atoms with Crippen molar-refractivity contribution < 1.29 is 9.59 Å². The van der Waals surface area contributed by atoms with E-state index in [0.717, 1.165) is 50.0 Å². The van der Waals surface area contributed by atoms with Gasteiger partial charge in [-0.3, -0.25) is 9.59 Å². The van der Waals surface area contributed by atoms with Crippen molar-refractivity contribution in [1.29, 1.82) is 0 Å². The van der Waals surface area contributed by atoms with Crippen molar-refractivity contribution in [2.75, 3.05) is 18.1 Å². The van der Waals surface area contributed by atoms with Gasteiger partial charge in [-0.15, -0.1) is 0 Å². The van der Waals surface area contributed by atoms with Gasteiger partial charge >= 0.3 is 0 Å². The number of rotatable bonds is 1. The number of thioether (sulfide) groups is 1. The molecule has 0 aromatic carbocycles.